The van der Waals surface area contributed by atoms with Crippen LogP contribution in [0.25, 0.3) is 0 Å². The first-order valence-electron chi connectivity index (χ1n) is 5.67. The molecule has 0 spiro atoms. The zero-order chi connectivity index (χ0) is 13.8. The average molecular weight is 265 g/mol. The van der Waals surface area contributed by atoms with E-state index in [2.05, 4.69) is 13.2 Å². The smallest absolute Gasteiger partial charge is 0.378 e. The monoisotopic (exact) mass is 265 g/mol. The normalized spacial score (nSPS) is 11.6. The molecule has 1 aromatic carbocycles. The second-order valence-electron chi connectivity index (χ2n) is 2.79. The maximum absolute atomic E-state index is 5.71. The summed E-state index contributed by atoms with van der Waals surface area (Å²) in [5.74, 6) is 1.22. The summed E-state index contributed by atoms with van der Waals surface area (Å²) in [6.45, 7) is 11.2. The summed E-state index contributed by atoms with van der Waals surface area (Å²) < 4.78 is 10.7. The van der Waals surface area contributed by atoms with Gasteiger partial charge in [0.2, 0.25) is 0 Å². The molecule has 0 saturated heterocycles. The van der Waals surface area contributed by atoms with Crippen LogP contribution in [0.3, 0.4) is 0 Å². The first-order chi connectivity index (χ1) is 8.76. The predicted octanol–water partition coefficient (Wildman–Crippen LogP) is 4.55. The van der Waals surface area contributed by atoms with Crippen LogP contribution in [-0.4, -0.2) is 0 Å². The van der Waals surface area contributed by atoms with Gasteiger partial charge in [-0.2, -0.15) is 0 Å². The van der Waals surface area contributed by atoms with Crippen LogP contribution in [0.5, 0.6) is 5.75 Å². The SMILES string of the molecule is C=C/C=C(\C=C)OP(N)Oc1ccccc1.CC. The van der Waals surface area contributed by atoms with Crippen molar-refractivity contribution >= 4 is 8.53 Å². The molecule has 98 valence electrons. The summed E-state index contributed by atoms with van der Waals surface area (Å²) in [5.41, 5.74) is 5.71. The molecule has 0 saturated carbocycles. The van der Waals surface area contributed by atoms with Crippen LogP contribution in [0.1, 0.15) is 13.8 Å². The van der Waals surface area contributed by atoms with Gasteiger partial charge in [-0.05, 0) is 24.3 Å². The van der Waals surface area contributed by atoms with Crippen LogP contribution >= 0.6 is 8.53 Å². The van der Waals surface area contributed by atoms with Gasteiger partial charge in [-0.3, -0.25) is 0 Å². The van der Waals surface area contributed by atoms with Gasteiger partial charge in [0.1, 0.15) is 11.5 Å². The van der Waals surface area contributed by atoms with Crippen molar-refractivity contribution in [1.82, 2.24) is 0 Å². The summed E-state index contributed by atoms with van der Waals surface area (Å²) >= 11 is 0. The van der Waals surface area contributed by atoms with Crippen LogP contribution in [-0.2, 0) is 4.52 Å². The molecule has 0 aliphatic heterocycles. The van der Waals surface area contributed by atoms with E-state index < -0.39 is 8.53 Å². The number of benzene rings is 1. The van der Waals surface area contributed by atoms with Gasteiger partial charge in [0, 0.05) is 0 Å². The van der Waals surface area contributed by atoms with E-state index in [0.717, 1.165) is 0 Å². The van der Waals surface area contributed by atoms with Crippen LogP contribution in [0.15, 0.2) is 67.5 Å². The van der Waals surface area contributed by atoms with Gasteiger partial charge >= 0.3 is 8.53 Å². The van der Waals surface area contributed by atoms with Gasteiger partial charge in [-0.1, -0.05) is 51.3 Å². The van der Waals surface area contributed by atoms with Crippen molar-refractivity contribution in [3.63, 3.8) is 0 Å². The molecule has 0 aliphatic carbocycles. The molecule has 2 N–H and O–H groups in total. The second kappa shape index (κ2) is 10.6. The van der Waals surface area contributed by atoms with E-state index in [1.54, 1.807) is 18.2 Å². The Hall–Kier alpha value is -1.57. The molecule has 3 nitrogen and oxygen atoms in total. The Labute approximate surface area is 111 Å². The van der Waals surface area contributed by atoms with Crippen LogP contribution in [0.2, 0.25) is 0 Å². The lowest BCUT2D eigenvalue weighted by molar-refractivity contribution is 0.419. The van der Waals surface area contributed by atoms with E-state index in [1.165, 1.54) is 0 Å². The fraction of sp³-hybridized carbons (Fsp3) is 0.143. The van der Waals surface area contributed by atoms with Crippen molar-refractivity contribution in [1.29, 1.82) is 0 Å². The van der Waals surface area contributed by atoms with E-state index in [1.807, 2.05) is 44.2 Å². The van der Waals surface area contributed by atoms with Gasteiger partial charge < -0.3 is 9.05 Å². The van der Waals surface area contributed by atoms with Crippen molar-refractivity contribution in [2.24, 2.45) is 5.50 Å². The second-order valence-corrected chi connectivity index (χ2v) is 3.73. The molecule has 1 atom stereocenters. The minimum Gasteiger partial charge on any atom is -0.427 e. The number of allylic oxidation sites excluding steroid dienone is 3. The quantitative estimate of drug-likeness (QED) is 0.466. The molecule has 0 aliphatic rings. The van der Waals surface area contributed by atoms with Crippen molar-refractivity contribution < 1.29 is 9.05 Å². The topological polar surface area (TPSA) is 44.5 Å². The Kier molecular flexibility index (Phi) is 9.65. The summed E-state index contributed by atoms with van der Waals surface area (Å²) in [7, 11) is -1.50. The number of rotatable bonds is 6. The Morgan fingerprint density at radius 3 is 2.33 bits per heavy atom. The minimum atomic E-state index is -1.50. The summed E-state index contributed by atoms with van der Waals surface area (Å²) in [4.78, 5) is 0. The maximum Gasteiger partial charge on any atom is 0.378 e. The highest BCUT2D eigenvalue weighted by Crippen LogP contribution is 2.34. The van der Waals surface area contributed by atoms with Gasteiger partial charge in [0.05, 0.1) is 0 Å². The molecule has 1 unspecified atom stereocenters. The molecule has 4 heteroatoms. The highest BCUT2D eigenvalue weighted by molar-refractivity contribution is 7.45. The Morgan fingerprint density at radius 2 is 1.83 bits per heavy atom. The Balaban J connectivity index is 0.00000137. The lowest BCUT2D eigenvalue weighted by Crippen LogP contribution is -2.00. The Morgan fingerprint density at radius 1 is 1.22 bits per heavy atom. The van der Waals surface area contributed by atoms with Crippen molar-refractivity contribution in [2.75, 3.05) is 0 Å². The van der Waals surface area contributed by atoms with Crippen LogP contribution in [0.4, 0.5) is 0 Å². The van der Waals surface area contributed by atoms with Crippen LogP contribution in [0, 0.1) is 0 Å². The van der Waals surface area contributed by atoms with E-state index in [0.29, 0.717) is 11.5 Å². The number of hydrogen-bond donors (Lipinski definition) is 1. The van der Waals surface area contributed by atoms with E-state index in [-0.39, 0.29) is 0 Å². The Bertz CT molecular complexity index is 377. The molecule has 18 heavy (non-hydrogen) atoms. The number of nitrogens with two attached hydrogens (primary N) is 1. The summed E-state index contributed by atoms with van der Waals surface area (Å²) in [6, 6.07) is 9.27. The van der Waals surface area contributed by atoms with Crippen molar-refractivity contribution in [3.8, 4) is 5.75 Å². The molecule has 0 fully saturated rings. The number of para-hydroxylation sites is 1. The van der Waals surface area contributed by atoms with Gasteiger partial charge in [-0.15, -0.1) is 0 Å². The molecule has 0 heterocycles. The molecular formula is C14H20NO2P. The molecular weight excluding hydrogens is 245 g/mol. The fourth-order valence-electron chi connectivity index (χ4n) is 0.960. The average Bonchev–Trinajstić information content (AvgIpc) is 2.41. The van der Waals surface area contributed by atoms with Crippen molar-refractivity contribution in [3.05, 3.63) is 67.5 Å². The predicted molar refractivity (Wildman–Crippen MR) is 79.1 cm³/mol. The lowest BCUT2D eigenvalue weighted by atomic mass is 10.3. The third-order valence-electron chi connectivity index (χ3n) is 1.62. The zero-order valence-corrected chi connectivity index (χ0v) is 11.8. The van der Waals surface area contributed by atoms with E-state index in [9.17, 15) is 0 Å². The highest BCUT2D eigenvalue weighted by atomic mass is 31.2. The molecule has 0 amide bonds. The summed E-state index contributed by atoms with van der Waals surface area (Å²) in [6.07, 6.45) is 4.82. The third-order valence-corrected chi connectivity index (χ3v) is 2.40. The largest absolute Gasteiger partial charge is 0.427 e. The van der Waals surface area contributed by atoms with Gasteiger partial charge in [0.15, 0.2) is 0 Å². The highest BCUT2D eigenvalue weighted by Gasteiger charge is 2.08. The minimum absolute atomic E-state index is 0.541. The maximum atomic E-state index is 5.71. The first-order valence-corrected chi connectivity index (χ1v) is 6.92. The standard InChI is InChI=1S/C12H14NO2P.C2H6/c1-3-8-11(4-2)14-16(13)15-12-9-6-5-7-10-12;1-2/h3-10H,1-2,13H2;1-2H3/b11-8+;. The van der Waals surface area contributed by atoms with Gasteiger partial charge in [-0.25, -0.2) is 5.50 Å². The van der Waals surface area contributed by atoms with Gasteiger partial charge in [0.25, 0.3) is 0 Å². The molecule has 0 bridgehead atoms. The molecule has 1 aromatic rings. The third kappa shape index (κ3) is 6.89. The molecule has 1 rings (SSSR count). The fourth-order valence-corrected chi connectivity index (χ4v) is 1.67. The first kappa shape index (κ1) is 16.4. The van der Waals surface area contributed by atoms with E-state index >= 15 is 0 Å². The molecule has 0 aromatic heterocycles. The van der Waals surface area contributed by atoms with Crippen molar-refractivity contribution in [2.45, 2.75) is 13.8 Å². The number of hydrogen-bond acceptors (Lipinski definition) is 3. The molecule has 0 radical (unpaired) electrons. The zero-order valence-electron chi connectivity index (χ0n) is 10.9. The lowest BCUT2D eigenvalue weighted by Gasteiger charge is -2.13. The van der Waals surface area contributed by atoms with E-state index in [4.69, 9.17) is 14.6 Å². The van der Waals surface area contributed by atoms with Crippen LogP contribution < -0.4 is 10.0 Å². The summed E-state index contributed by atoms with van der Waals surface area (Å²) in [5, 5.41) is 0.